The molecular weight excluding hydrogens is 404 g/mol. The van der Waals surface area contributed by atoms with Gasteiger partial charge in [-0.2, -0.15) is 10.5 Å². The van der Waals surface area contributed by atoms with Gasteiger partial charge in [0.25, 0.3) is 0 Å². The van der Waals surface area contributed by atoms with Gasteiger partial charge in [-0.3, -0.25) is 0 Å². The third-order valence-electron chi connectivity index (χ3n) is 6.98. The van der Waals surface area contributed by atoms with E-state index in [0.29, 0.717) is 23.1 Å². The predicted octanol–water partition coefficient (Wildman–Crippen LogP) is 8.06. The van der Waals surface area contributed by atoms with Crippen molar-refractivity contribution in [2.75, 3.05) is 6.61 Å². The van der Waals surface area contributed by atoms with Gasteiger partial charge in [0.2, 0.25) is 0 Å². The zero-order valence-corrected chi connectivity index (χ0v) is 20.4. The number of nitriles is 2. The van der Waals surface area contributed by atoms with Crippen molar-refractivity contribution in [2.24, 2.45) is 0 Å². The van der Waals surface area contributed by atoms with E-state index in [1.165, 1.54) is 31.2 Å². The molecule has 0 saturated heterocycles. The molecule has 0 bridgehead atoms. The third kappa shape index (κ3) is 6.69. The SMILES string of the molecule is CCCCCCCO[C@H]1CC[C@H](c2ccc(-c3ccc(CCC)cc3)c(C#N)c2C#N)CC1. The molecule has 0 atom stereocenters. The number of aryl methyl sites for hydroxylation is 1. The second kappa shape index (κ2) is 13.2. The van der Waals surface area contributed by atoms with Crippen LogP contribution in [0, 0.1) is 22.7 Å². The smallest absolute Gasteiger partial charge is 0.101 e. The maximum Gasteiger partial charge on any atom is 0.101 e. The third-order valence-corrected chi connectivity index (χ3v) is 6.98. The molecule has 0 amide bonds. The highest BCUT2D eigenvalue weighted by Gasteiger charge is 2.26. The average Bonchev–Trinajstić information content (AvgIpc) is 2.86. The van der Waals surface area contributed by atoms with Gasteiger partial charge in [0.15, 0.2) is 0 Å². The standard InChI is InChI=1S/C30H38N2O/c1-3-5-6-7-8-20-33-26-16-14-25(15-17-26)28-19-18-27(29(21-31)30(28)22-32)24-12-10-23(9-4-2)11-13-24/h10-13,18-19,25-26H,3-9,14-17,20H2,1-2H3/t25-,26-. The van der Waals surface area contributed by atoms with Crippen molar-refractivity contribution in [1.29, 1.82) is 10.5 Å². The van der Waals surface area contributed by atoms with Crippen LogP contribution in [-0.4, -0.2) is 12.7 Å². The van der Waals surface area contributed by atoms with Crippen molar-refractivity contribution in [3.05, 3.63) is 58.7 Å². The summed E-state index contributed by atoms with van der Waals surface area (Å²) in [5, 5.41) is 19.9. The molecule has 0 aliphatic heterocycles. The number of benzene rings is 2. The van der Waals surface area contributed by atoms with E-state index in [1.807, 2.05) is 6.07 Å². The lowest BCUT2D eigenvalue weighted by Gasteiger charge is -2.29. The average molecular weight is 443 g/mol. The van der Waals surface area contributed by atoms with Crippen molar-refractivity contribution in [1.82, 2.24) is 0 Å². The number of nitrogens with zero attached hydrogens (tertiary/aromatic N) is 2. The van der Waals surface area contributed by atoms with Gasteiger partial charge in [0.05, 0.1) is 17.2 Å². The van der Waals surface area contributed by atoms with Crippen molar-refractivity contribution in [3.8, 4) is 23.3 Å². The molecule has 0 unspecified atom stereocenters. The predicted molar refractivity (Wildman–Crippen MR) is 135 cm³/mol. The second-order valence-electron chi connectivity index (χ2n) is 9.38. The van der Waals surface area contributed by atoms with Gasteiger partial charge >= 0.3 is 0 Å². The highest BCUT2D eigenvalue weighted by atomic mass is 16.5. The summed E-state index contributed by atoms with van der Waals surface area (Å²) in [6.07, 6.45) is 12.9. The molecule has 3 nitrogen and oxygen atoms in total. The summed E-state index contributed by atoms with van der Waals surface area (Å²) in [6, 6.07) is 17.3. The minimum atomic E-state index is 0.331. The highest BCUT2D eigenvalue weighted by Crippen LogP contribution is 2.38. The van der Waals surface area contributed by atoms with Crippen LogP contribution in [0.25, 0.3) is 11.1 Å². The lowest BCUT2D eigenvalue weighted by atomic mass is 9.79. The van der Waals surface area contributed by atoms with E-state index in [2.05, 4.69) is 56.3 Å². The molecule has 0 heterocycles. The van der Waals surface area contributed by atoms with E-state index in [9.17, 15) is 10.5 Å². The van der Waals surface area contributed by atoms with Crippen molar-refractivity contribution >= 4 is 0 Å². The molecule has 174 valence electrons. The molecule has 3 rings (SSSR count). The molecule has 1 saturated carbocycles. The van der Waals surface area contributed by atoms with Crippen LogP contribution in [0.4, 0.5) is 0 Å². The van der Waals surface area contributed by atoms with Gasteiger partial charge in [0, 0.05) is 12.2 Å². The summed E-state index contributed by atoms with van der Waals surface area (Å²) in [5.74, 6) is 0.331. The first kappa shape index (κ1) is 25.0. The first-order valence-electron chi connectivity index (χ1n) is 12.9. The van der Waals surface area contributed by atoms with E-state index in [1.54, 1.807) is 0 Å². The maximum atomic E-state index is 9.98. The van der Waals surface area contributed by atoms with Crippen LogP contribution >= 0.6 is 0 Å². The number of ether oxygens (including phenoxy) is 1. The molecule has 0 spiro atoms. The lowest BCUT2D eigenvalue weighted by molar-refractivity contribution is 0.0226. The Kier molecular flexibility index (Phi) is 9.99. The van der Waals surface area contributed by atoms with Crippen molar-refractivity contribution in [2.45, 2.75) is 96.5 Å². The minimum absolute atomic E-state index is 0.331. The van der Waals surface area contributed by atoms with Crippen LogP contribution in [0.2, 0.25) is 0 Å². The topological polar surface area (TPSA) is 56.8 Å². The molecule has 33 heavy (non-hydrogen) atoms. The Balaban J connectivity index is 1.66. The Morgan fingerprint density at radius 1 is 0.788 bits per heavy atom. The summed E-state index contributed by atoms with van der Waals surface area (Å²) in [6.45, 7) is 5.28. The molecule has 1 aliphatic rings. The van der Waals surface area contributed by atoms with Crippen LogP contribution in [0.1, 0.15) is 106 Å². The molecule has 2 aromatic carbocycles. The molecule has 3 heteroatoms. The molecule has 0 aromatic heterocycles. The quantitative estimate of drug-likeness (QED) is 0.331. The van der Waals surface area contributed by atoms with Crippen LogP contribution in [0.3, 0.4) is 0 Å². The molecule has 2 aromatic rings. The van der Waals surface area contributed by atoms with Crippen molar-refractivity contribution < 1.29 is 4.74 Å². The largest absolute Gasteiger partial charge is 0.378 e. The van der Waals surface area contributed by atoms with Gasteiger partial charge in [-0.05, 0) is 61.1 Å². The molecular formula is C30H38N2O. The van der Waals surface area contributed by atoms with E-state index in [0.717, 1.165) is 68.2 Å². The fraction of sp³-hybridized carbons (Fsp3) is 0.533. The van der Waals surface area contributed by atoms with Crippen molar-refractivity contribution in [3.63, 3.8) is 0 Å². The van der Waals surface area contributed by atoms with E-state index < -0.39 is 0 Å². The van der Waals surface area contributed by atoms with Gasteiger partial charge in [-0.15, -0.1) is 0 Å². The first-order chi connectivity index (χ1) is 16.2. The van der Waals surface area contributed by atoms with Gasteiger partial charge in [-0.25, -0.2) is 0 Å². The van der Waals surface area contributed by atoms with Gasteiger partial charge < -0.3 is 4.74 Å². The Hall–Kier alpha value is -2.62. The first-order valence-corrected chi connectivity index (χ1v) is 12.9. The van der Waals surface area contributed by atoms with Crippen LogP contribution in [-0.2, 0) is 11.2 Å². The number of hydrogen-bond acceptors (Lipinski definition) is 3. The summed E-state index contributed by atoms with van der Waals surface area (Å²) < 4.78 is 6.14. The van der Waals surface area contributed by atoms with Crippen LogP contribution in [0.5, 0.6) is 0 Å². The van der Waals surface area contributed by atoms with Crippen LogP contribution < -0.4 is 0 Å². The van der Waals surface area contributed by atoms with E-state index >= 15 is 0 Å². The van der Waals surface area contributed by atoms with Gasteiger partial charge in [0.1, 0.15) is 12.1 Å². The zero-order chi connectivity index (χ0) is 23.5. The number of hydrogen-bond donors (Lipinski definition) is 0. The summed E-state index contributed by atoms with van der Waals surface area (Å²) in [4.78, 5) is 0. The monoisotopic (exact) mass is 442 g/mol. The normalized spacial score (nSPS) is 17.9. The Morgan fingerprint density at radius 2 is 1.48 bits per heavy atom. The summed E-state index contributed by atoms with van der Waals surface area (Å²) in [5.41, 5.74) is 5.29. The Labute approximate surface area is 200 Å². The maximum absolute atomic E-state index is 9.98. The highest BCUT2D eigenvalue weighted by molar-refractivity contribution is 5.75. The number of rotatable bonds is 11. The molecule has 0 N–H and O–H groups in total. The second-order valence-corrected chi connectivity index (χ2v) is 9.38. The van der Waals surface area contributed by atoms with Crippen LogP contribution in [0.15, 0.2) is 36.4 Å². The lowest BCUT2D eigenvalue weighted by Crippen LogP contribution is -2.22. The number of unbranched alkanes of at least 4 members (excludes halogenated alkanes) is 4. The molecule has 1 fully saturated rings. The molecule has 0 radical (unpaired) electrons. The Bertz CT molecular complexity index is 957. The van der Waals surface area contributed by atoms with Gasteiger partial charge in [-0.1, -0.05) is 82.3 Å². The minimum Gasteiger partial charge on any atom is -0.378 e. The Morgan fingerprint density at radius 3 is 2.12 bits per heavy atom. The van der Waals surface area contributed by atoms with E-state index in [4.69, 9.17) is 4.74 Å². The fourth-order valence-electron chi connectivity index (χ4n) is 5.07. The summed E-state index contributed by atoms with van der Waals surface area (Å²) >= 11 is 0. The summed E-state index contributed by atoms with van der Waals surface area (Å²) in [7, 11) is 0. The zero-order valence-electron chi connectivity index (χ0n) is 20.4. The fourth-order valence-corrected chi connectivity index (χ4v) is 5.07. The van der Waals surface area contributed by atoms with E-state index in [-0.39, 0.29) is 0 Å². The molecule has 1 aliphatic carbocycles.